The van der Waals surface area contributed by atoms with Crippen LogP contribution in [0.25, 0.3) is 6.08 Å². The topological polar surface area (TPSA) is 49.8 Å². The van der Waals surface area contributed by atoms with E-state index in [0.717, 1.165) is 34.8 Å². The second-order valence-electron chi connectivity index (χ2n) is 4.14. The maximum absolute atomic E-state index is 10.6. The van der Waals surface area contributed by atoms with Crippen LogP contribution in [0.2, 0.25) is 0 Å². The molecule has 4 nitrogen and oxygen atoms in total. The molecule has 19 heavy (non-hydrogen) atoms. The van der Waals surface area contributed by atoms with Crippen molar-refractivity contribution in [3.63, 3.8) is 0 Å². The van der Waals surface area contributed by atoms with Crippen molar-refractivity contribution in [2.24, 2.45) is 0 Å². The predicted octanol–water partition coefficient (Wildman–Crippen LogP) is 3.02. The number of halogens is 1. The Morgan fingerprint density at radius 2 is 2.26 bits per heavy atom. The molecule has 104 valence electrons. The summed E-state index contributed by atoms with van der Waals surface area (Å²) in [5.41, 5.74) is 1.87. The van der Waals surface area contributed by atoms with E-state index in [9.17, 15) is 4.79 Å². The average Bonchev–Trinajstić information content (AvgIpc) is 2.37. The van der Waals surface area contributed by atoms with Gasteiger partial charge >= 0.3 is 5.97 Å². The highest BCUT2D eigenvalue weighted by Crippen LogP contribution is 2.25. The molecule has 0 atom stereocenters. The summed E-state index contributed by atoms with van der Waals surface area (Å²) in [5.74, 6) is -0.948. The third kappa shape index (κ3) is 5.44. The molecule has 0 saturated heterocycles. The molecular weight excluding hydrogens is 310 g/mol. The monoisotopic (exact) mass is 327 g/mol. The van der Waals surface area contributed by atoms with Crippen LogP contribution in [0.5, 0.6) is 0 Å². The molecule has 0 fully saturated rings. The first kappa shape index (κ1) is 15.7. The Morgan fingerprint density at radius 1 is 1.53 bits per heavy atom. The number of carbonyl (C=O) groups is 1. The van der Waals surface area contributed by atoms with Gasteiger partial charge in [0.2, 0.25) is 0 Å². The van der Waals surface area contributed by atoms with Gasteiger partial charge in [0.1, 0.15) is 0 Å². The molecule has 5 heteroatoms. The minimum atomic E-state index is -0.948. The summed E-state index contributed by atoms with van der Waals surface area (Å²) in [7, 11) is 3.66. The molecule has 1 rings (SSSR count). The van der Waals surface area contributed by atoms with E-state index >= 15 is 0 Å². The van der Waals surface area contributed by atoms with Gasteiger partial charge in [-0.15, -0.1) is 0 Å². The standard InChI is InChI=1S/C14H18BrNO3/c1-16(8-3-9-19-2)13-10-12(15)6-4-11(13)5-7-14(17)18/h4-7,10H,3,8-9H2,1-2H3,(H,17,18). The summed E-state index contributed by atoms with van der Waals surface area (Å²) in [4.78, 5) is 12.7. The number of anilines is 1. The van der Waals surface area contributed by atoms with Gasteiger partial charge in [0, 0.05) is 43.5 Å². The normalized spacial score (nSPS) is 10.9. The van der Waals surface area contributed by atoms with Crippen molar-refractivity contribution in [2.75, 3.05) is 32.2 Å². The third-order valence-electron chi connectivity index (χ3n) is 2.65. The number of rotatable bonds is 7. The number of methoxy groups -OCH3 is 1. The Morgan fingerprint density at radius 3 is 2.89 bits per heavy atom. The zero-order valence-corrected chi connectivity index (χ0v) is 12.7. The maximum Gasteiger partial charge on any atom is 0.328 e. The Labute approximate surface area is 121 Å². The number of hydrogen-bond donors (Lipinski definition) is 1. The lowest BCUT2D eigenvalue weighted by Crippen LogP contribution is -2.20. The van der Waals surface area contributed by atoms with Crippen molar-refractivity contribution >= 4 is 33.7 Å². The van der Waals surface area contributed by atoms with Crippen molar-refractivity contribution in [1.29, 1.82) is 0 Å². The highest BCUT2D eigenvalue weighted by Gasteiger charge is 2.06. The Kier molecular flexibility index (Phi) is 6.59. The Hall–Kier alpha value is -1.33. The molecule has 0 aliphatic carbocycles. The quantitative estimate of drug-likeness (QED) is 0.617. The fourth-order valence-electron chi connectivity index (χ4n) is 1.72. The molecule has 0 spiro atoms. The lowest BCUT2D eigenvalue weighted by atomic mass is 10.1. The molecule has 1 aromatic carbocycles. The summed E-state index contributed by atoms with van der Waals surface area (Å²) >= 11 is 3.43. The van der Waals surface area contributed by atoms with E-state index < -0.39 is 5.97 Å². The van der Waals surface area contributed by atoms with E-state index in [1.807, 2.05) is 25.2 Å². The highest BCUT2D eigenvalue weighted by molar-refractivity contribution is 9.10. The van der Waals surface area contributed by atoms with E-state index in [1.165, 1.54) is 0 Å². The minimum Gasteiger partial charge on any atom is -0.478 e. The number of carboxylic acid groups (broad SMARTS) is 1. The molecule has 0 radical (unpaired) electrons. The smallest absolute Gasteiger partial charge is 0.328 e. The molecule has 0 unspecified atom stereocenters. The number of aliphatic carboxylic acids is 1. The minimum absolute atomic E-state index is 0.707. The molecule has 0 heterocycles. The van der Waals surface area contributed by atoms with Gasteiger partial charge in [0.15, 0.2) is 0 Å². The van der Waals surface area contributed by atoms with Gasteiger partial charge in [-0.25, -0.2) is 4.79 Å². The van der Waals surface area contributed by atoms with E-state index in [1.54, 1.807) is 13.2 Å². The van der Waals surface area contributed by atoms with Crippen LogP contribution < -0.4 is 4.90 Å². The molecule has 0 amide bonds. The molecule has 0 aromatic heterocycles. The molecule has 0 aliphatic rings. The molecule has 1 N–H and O–H groups in total. The van der Waals surface area contributed by atoms with Gasteiger partial charge in [-0.2, -0.15) is 0 Å². The number of hydrogen-bond acceptors (Lipinski definition) is 3. The Bertz CT molecular complexity index is 460. The number of carboxylic acids is 1. The van der Waals surface area contributed by atoms with E-state index in [-0.39, 0.29) is 0 Å². The maximum atomic E-state index is 10.6. The molecule has 1 aromatic rings. The SMILES string of the molecule is COCCCN(C)c1cc(Br)ccc1C=CC(=O)O. The third-order valence-corrected chi connectivity index (χ3v) is 3.14. The fraction of sp³-hybridized carbons (Fsp3) is 0.357. The van der Waals surface area contributed by atoms with Crippen LogP contribution in [0.15, 0.2) is 28.7 Å². The van der Waals surface area contributed by atoms with Crippen LogP contribution in [0, 0.1) is 0 Å². The lowest BCUT2D eigenvalue weighted by Gasteiger charge is -2.21. The van der Waals surface area contributed by atoms with Gasteiger partial charge in [0.25, 0.3) is 0 Å². The zero-order chi connectivity index (χ0) is 14.3. The Balaban J connectivity index is 2.89. The molecule has 0 saturated carbocycles. The summed E-state index contributed by atoms with van der Waals surface area (Å²) in [6, 6.07) is 5.77. The van der Waals surface area contributed by atoms with Crippen LogP contribution >= 0.6 is 15.9 Å². The zero-order valence-electron chi connectivity index (χ0n) is 11.1. The van der Waals surface area contributed by atoms with Crippen molar-refractivity contribution in [3.05, 3.63) is 34.3 Å². The van der Waals surface area contributed by atoms with Crippen molar-refractivity contribution in [1.82, 2.24) is 0 Å². The van der Waals surface area contributed by atoms with Gasteiger partial charge < -0.3 is 14.7 Å². The van der Waals surface area contributed by atoms with Crippen LogP contribution in [0.1, 0.15) is 12.0 Å². The fourth-order valence-corrected chi connectivity index (χ4v) is 2.06. The summed E-state index contributed by atoms with van der Waals surface area (Å²) in [6.45, 7) is 1.55. The largest absolute Gasteiger partial charge is 0.478 e. The van der Waals surface area contributed by atoms with Crippen LogP contribution in [-0.2, 0) is 9.53 Å². The van der Waals surface area contributed by atoms with Gasteiger partial charge in [0.05, 0.1) is 0 Å². The first-order chi connectivity index (χ1) is 9.04. The molecular formula is C14H18BrNO3. The number of benzene rings is 1. The van der Waals surface area contributed by atoms with Crippen LogP contribution in [0.3, 0.4) is 0 Å². The molecule has 0 bridgehead atoms. The number of nitrogens with zero attached hydrogens (tertiary/aromatic N) is 1. The number of ether oxygens (including phenoxy) is 1. The second-order valence-corrected chi connectivity index (χ2v) is 5.06. The van der Waals surface area contributed by atoms with Gasteiger partial charge in [-0.3, -0.25) is 0 Å². The molecule has 0 aliphatic heterocycles. The van der Waals surface area contributed by atoms with Crippen molar-refractivity contribution < 1.29 is 14.6 Å². The summed E-state index contributed by atoms with van der Waals surface area (Å²) in [6.07, 6.45) is 3.67. The van der Waals surface area contributed by atoms with Gasteiger partial charge in [-0.05, 0) is 30.2 Å². The highest BCUT2D eigenvalue weighted by atomic mass is 79.9. The first-order valence-corrected chi connectivity index (χ1v) is 6.74. The van der Waals surface area contributed by atoms with E-state index in [4.69, 9.17) is 9.84 Å². The van der Waals surface area contributed by atoms with Gasteiger partial charge in [-0.1, -0.05) is 22.0 Å². The lowest BCUT2D eigenvalue weighted by molar-refractivity contribution is -0.131. The second kappa shape index (κ2) is 7.96. The van der Waals surface area contributed by atoms with Crippen LogP contribution in [-0.4, -0.2) is 38.4 Å². The predicted molar refractivity (Wildman–Crippen MR) is 80.6 cm³/mol. The summed E-state index contributed by atoms with van der Waals surface area (Å²) in [5, 5.41) is 8.71. The van der Waals surface area contributed by atoms with Crippen molar-refractivity contribution in [2.45, 2.75) is 6.42 Å². The van der Waals surface area contributed by atoms with E-state index in [2.05, 4.69) is 20.8 Å². The average molecular weight is 328 g/mol. The van der Waals surface area contributed by atoms with Crippen molar-refractivity contribution in [3.8, 4) is 0 Å². The van der Waals surface area contributed by atoms with Crippen LogP contribution in [0.4, 0.5) is 5.69 Å². The summed E-state index contributed by atoms with van der Waals surface area (Å²) < 4.78 is 6.00. The first-order valence-electron chi connectivity index (χ1n) is 5.95. The van der Waals surface area contributed by atoms with E-state index in [0.29, 0.717) is 6.61 Å².